The molecule has 0 saturated heterocycles. The first kappa shape index (κ1) is 17.0. The van der Waals surface area contributed by atoms with Crippen LogP contribution >= 0.6 is 11.6 Å². The first-order valence-electron chi connectivity index (χ1n) is 7.05. The van der Waals surface area contributed by atoms with Crippen molar-refractivity contribution in [1.29, 1.82) is 0 Å². The van der Waals surface area contributed by atoms with E-state index in [0.29, 0.717) is 27.9 Å². The molecule has 0 aliphatic heterocycles. The average Bonchev–Trinajstić information content (AvgIpc) is 2.54. The highest BCUT2D eigenvalue weighted by Gasteiger charge is 2.09. The van der Waals surface area contributed by atoms with Gasteiger partial charge in [-0.25, -0.2) is 0 Å². The number of ether oxygens (including phenoxy) is 2. The molecular weight excluding hydrogens is 316 g/mol. The van der Waals surface area contributed by atoms with Crippen molar-refractivity contribution in [3.05, 3.63) is 47.0 Å². The van der Waals surface area contributed by atoms with Crippen LogP contribution in [-0.4, -0.2) is 26.7 Å². The summed E-state index contributed by atoms with van der Waals surface area (Å²) in [5.74, 6) is 0.987. The van der Waals surface area contributed by atoms with Crippen LogP contribution in [0.2, 0.25) is 5.02 Å². The van der Waals surface area contributed by atoms with E-state index in [-0.39, 0.29) is 12.5 Å². The lowest BCUT2D eigenvalue weighted by molar-refractivity contribution is -0.114. The van der Waals surface area contributed by atoms with Crippen LogP contribution < -0.4 is 20.1 Å². The number of carbonyl (C=O) groups excluding carboxylic acids is 1. The standard InChI is InChI=1S/C17H19ClN2O3/c1-11-4-6-14(13(18)8-11)19-10-17(21)20-15-7-5-12(22-2)9-16(15)23-3/h4-9,19H,10H2,1-3H3,(H,20,21). The van der Waals surface area contributed by atoms with Crippen molar-refractivity contribution in [2.24, 2.45) is 0 Å². The molecule has 0 unspecified atom stereocenters. The molecule has 1 amide bonds. The maximum absolute atomic E-state index is 12.1. The summed E-state index contributed by atoms with van der Waals surface area (Å²) in [6.07, 6.45) is 0. The number of benzene rings is 2. The second-order valence-corrected chi connectivity index (χ2v) is 5.36. The number of methoxy groups -OCH3 is 2. The molecule has 2 N–H and O–H groups in total. The van der Waals surface area contributed by atoms with Crippen molar-refractivity contribution in [3.8, 4) is 11.5 Å². The van der Waals surface area contributed by atoms with Crippen molar-refractivity contribution in [2.75, 3.05) is 31.4 Å². The zero-order chi connectivity index (χ0) is 16.8. The van der Waals surface area contributed by atoms with E-state index in [2.05, 4.69) is 10.6 Å². The maximum Gasteiger partial charge on any atom is 0.243 e. The Morgan fingerprint density at radius 3 is 2.48 bits per heavy atom. The Labute approximate surface area is 140 Å². The van der Waals surface area contributed by atoms with Crippen LogP contribution in [0.5, 0.6) is 11.5 Å². The van der Waals surface area contributed by atoms with E-state index >= 15 is 0 Å². The summed E-state index contributed by atoms with van der Waals surface area (Å²) in [4.78, 5) is 12.1. The number of anilines is 2. The molecule has 0 heterocycles. The van der Waals surface area contributed by atoms with Crippen molar-refractivity contribution in [2.45, 2.75) is 6.92 Å². The van der Waals surface area contributed by atoms with Crippen molar-refractivity contribution >= 4 is 28.9 Å². The lowest BCUT2D eigenvalue weighted by atomic mass is 10.2. The van der Waals surface area contributed by atoms with Gasteiger partial charge in [0, 0.05) is 6.07 Å². The average molecular weight is 335 g/mol. The van der Waals surface area contributed by atoms with Crippen molar-refractivity contribution < 1.29 is 14.3 Å². The van der Waals surface area contributed by atoms with Crippen LogP contribution in [0.3, 0.4) is 0 Å². The second kappa shape index (κ2) is 7.74. The molecule has 0 aliphatic carbocycles. The Kier molecular flexibility index (Phi) is 5.71. The molecule has 2 aromatic rings. The Balaban J connectivity index is 1.99. The molecule has 0 fully saturated rings. The van der Waals surface area contributed by atoms with Gasteiger partial charge >= 0.3 is 0 Å². The van der Waals surface area contributed by atoms with Crippen molar-refractivity contribution in [3.63, 3.8) is 0 Å². The van der Waals surface area contributed by atoms with Gasteiger partial charge in [0.2, 0.25) is 5.91 Å². The molecule has 23 heavy (non-hydrogen) atoms. The number of carbonyl (C=O) groups is 1. The molecule has 0 atom stereocenters. The van der Waals surface area contributed by atoms with Crippen molar-refractivity contribution in [1.82, 2.24) is 0 Å². The van der Waals surface area contributed by atoms with E-state index in [1.807, 2.05) is 25.1 Å². The fraction of sp³-hybridized carbons (Fsp3) is 0.235. The van der Waals surface area contributed by atoms with Gasteiger partial charge in [-0.1, -0.05) is 17.7 Å². The van der Waals surface area contributed by atoms with Crippen LogP contribution in [0, 0.1) is 6.92 Å². The molecule has 5 nitrogen and oxygen atoms in total. The number of hydrogen-bond acceptors (Lipinski definition) is 4. The van der Waals surface area contributed by atoms with Crippen LogP contribution in [-0.2, 0) is 4.79 Å². The summed E-state index contributed by atoms with van der Waals surface area (Å²) in [5, 5.41) is 6.38. The van der Waals surface area contributed by atoms with Gasteiger partial charge in [-0.2, -0.15) is 0 Å². The van der Waals surface area contributed by atoms with Gasteiger partial charge in [-0.15, -0.1) is 0 Å². The molecule has 0 radical (unpaired) electrons. The Bertz CT molecular complexity index is 704. The van der Waals surface area contributed by atoms with Gasteiger partial charge in [0.15, 0.2) is 0 Å². The van der Waals surface area contributed by atoms with E-state index in [1.54, 1.807) is 25.3 Å². The lowest BCUT2D eigenvalue weighted by Crippen LogP contribution is -2.22. The molecule has 6 heteroatoms. The highest BCUT2D eigenvalue weighted by Crippen LogP contribution is 2.29. The summed E-state index contributed by atoms with van der Waals surface area (Å²) < 4.78 is 10.4. The maximum atomic E-state index is 12.1. The molecule has 122 valence electrons. The zero-order valence-corrected chi connectivity index (χ0v) is 14.0. The third kappa shape index (κ3) is 4.53. The highest BCUT2D eigenvalue weighted by molar-refractivity contribution is 6.33. The number of aryl methyl sites for hydroxylation is 1. The SMILES string of the molecule is COc1ccc(NC(=O)CNc2ccc(C)cc2Cl)c(OC)c1. The minimum atomic E-state index is -0.204. The first-order valence-corrected chi connectivity index (χ1v) is 7.43. The summed E-state index contributed by atoms with van der Waals surface area (Å²) in [7, 11) is 3.11. The molecule has 0 aliphatic rings. The predicted molar refractivity (Wildman–Crippen MR) is 92.9 cm³/mol. The second-order valence-electron chi connectivity index (χ2n) is 4.95. The number of hydrogen-bond donors (Lipinski definition) is 2. The predicted octanol–water partition coefficient (Wildman–Crippen LogP) is 3.72. The fourth-order valence-electron chi connectivity index (χ4n) is 2.04. The minimum Gasteiger partial charge on any atom is -0.497 e. The molecule has 2 aromatic carbocycles. The van der Waals surface area contributed by atoms with Gasteiger partial charge in [-0.3, -0.25) is 4.79 Å². The molecule has 0 saturated carbocycles. The minimum absolute atomic E-state index is 0.0952. The summed E-state index contributed by atoms with van der Waals surface area (Å²) in [6.45, 7) is 2.05. The number of amides is 1. The molecular formula is C17H19ClN2O3. The highest BCUT2D eigenvalue weighted by atomic mass is 35.5. The fourth-order valence-corrected chi connectivity index (χ4v) is 2.34. The van der Waals surface area contributed by atoms with Gasteiger partial charge in [-0.05, 0) is 36.8 Å². The molecule has 0 spiro atoms. The smallest absolute Gasteiger partial charge is 0.243 e. The van der Waals surface area contributed by atoms with E-state index in [9.17, 15) is 4.79 Å². The van der Waals surface area contributed by atoms with Crippen LogP contribution in [0.1, 0.15) is 5.56 Å². The van der Waals surface area contributed by atoms with E-state index in [1.165, 1.54) is 7.11 Å². The quantitative estimate of drug-likeness (QED) is 0.845. The van der Waals surface area contributed by atoms with E-state index in [0.717, 1.165) is 5.56 Å². The first-order chi connectivity index (χ1) is 11.0. The van der Waals surface area contributed by atoms with E-state index < -0.39 is 0 Å². The normalized spacial score (nSPS) is 10.1. The summed E-state index contributed by atoms with van der Waals surface area (Å²) in [6, 6.07) is 10.8. The Morgan fingerprint density at radius 1 is 1.09 bits per heavy atom. The Morgan fingerprint density at radius 2 is 1.83 bits per heavy atom. The largest absolute Gasteiger partial charge is 0.497 e. The third-order valence-electron chi connectivity index (χ3n) is 3.25. The van der Waals surface area contributed by atoms with Gasteiger partial charge in [0.05, 0.1) is 37.2 Å². The van der Waals surface area contributed by atoms with Gasteiger partial charge < -0.3 is 20.1 Å². The molecule has 0 bridgehead atoms. The van der Waals surface area contributed by atoms with Crippen LogP contribution in [0.25, 0.3) is 0 Å². The monoisotopic (exact) mass is 334 g/mol. The lowest BCUT2D eigenvalue weighted by Gasteiger charge is -2.13. The van der Waals surface area contributed by atoms with Crippen LogP contribution in [0.4, 0.5) is 11.4 Å². The molecule has 2 rings (SSSR count). The van der Waals surface area contributed by atoms with E-state index in [4.69, 9.17) is 21.1 Å². The van der Waals surface area contributed by atoms with Gasteiger partial charge in [0.1, 0.15) is 11.5 Å². The number of nitrogens with one attached hydrogen (secondary N) is 2. The summed E-state index contributed by atoms with van der Waals surface area (Å²) >= 11 is 6.13. The Hall–Kier alpha value is -2.40. The van der Waals surface area contributed by atoms with Crippen LogP contribution in [0.15, 0.2) is 36.4 Å². The summed E-state index contributed by atoms with van der Waals surface area (Å²) in [5.41, 5.74) is 2.36. The zero-order valence-electron chi connectivity index (χ0n) is 13.3. The number of halogens is 1. The third-order valence-corrected chi connectivity index (χ3v) is 3.56. The number of rotatable bonds is 6. The topological polar surface area (TPSA) is 59.6 Å². The van der Waals surface area contributed by atoms with Gasteiger partial charge in [0.25, 0.3) is 0 Å². The molecule has 0 aromatic heterocycles.